The number of amides is 1. The van der Waals surface area contributed by atoms with Crippen molar-refractivity contribution in [3.8, 4) is 0 Å². The van der Waals surface area contributed by atoms with E-state index < -0.39 is 20.0 Å². The number of nitrogens with one attached hydrogen (secondary N) is 1. The Kier molecular flexibility index (Phi) is 49.8. The number of likely N-dealkylation sites (N-methyl/N-ethyl adjacent to an activating group) is 1. The molecule has 3 atom stereocenters. The average molecular weight is 991 g/mol. The SMILES string of the molecule is CCCCC/C=C\C/C=C\CCCCCCCCCC(=O)NC(COP(=O)(O)OCC[N+](C)(C)C)C(O)/C=C/CC/C=C/CC/C=C/CCCCCCCCCCCCCCCCCCCCCC. The Morgan fingerprint density at radius 1 is 0.493 bits per heavy atom. The van der Waals surface area contributed by atoms with Gasteiger partial charge in [-0.05, 0) is 77.0 Å². The van der Waals surface area contributed by atoms with E-state index in [2.05, 4.69) is 67.8 Å². The van der Waals surface area contributed by atoms with Gasteiger partial charge in [0.25, 0.3) is 0 Å². The summed E-state index contributed by atoms with van der Waals surface area (Å²) in [6, 6.07) is -0.877. The molecule has 0 aliphatic rings. The highest BCUT2D eigenvalue weighted by Gasteiger charge is 2.27. The van der Waals surface area contributed by atoms with Gasteiger partial charge in [-0.1, -0.05) is 242 Å². The summed E-state index contributed by atoms with van der Waals surface area (Å²) in [4.78, 5) is 23.3. The topological polar surface area (TPSA) is 105 Å². The zero-order chi connectivity index (χ0) is 50.6. The molecule has 0 aliphatic carbocycles. The second-order valence-electron chi connectivity index (χ2n) is 21.0. The smallest absolute Gasteiger partial charge is 0.387 e. The van der Waals surface area contributed by atoms with Crippen LogP contribution in [0.4, 0.5) is 0 Å². The molecule has 0 rings (SSSR count). The Morgan fingerprint density at radius 2 is 0.841 bits per heavy atom. The molecule has 0 aromatic heterocycles. The summed E-state index contributed by atoms with van der Waals surface area (Å²) in [6.45, 7) is 4.77. The highest BCUT2D eigenvalue weighted by molar-refractivity contribution is 7.47. The zero-order valence-corrected chi connectivity index (χ0v) is 46.9. The molecular formula is C60H114N2O6P+. The van der Waals surface area contributed by atoms with Gasteiger partial charge in [0.15, 0.2) is 0 Å². The van der Waals surface area contributed by atoms with Crippen LogP contribution in [0.3, 0.4) is 0 Å². The Morgan fingerprint density at radius 3 is 1.28 bits per heavy atom. The first-order valence-electron chi connectivity index (χ1n) is 29.2. The van der Waals surface area contributed by atoms with Crippen LogP contribution in [0, 0.1) is 0 Å². The fourth-order valence-corrected chi connectivity index (χ4v) is 9.08. The van der Waals surface area contributed by atoms with Crippen LogP contribution in [-0.2, 0) is 18.4 Å². The van der Waals surface area contributed by atoms with Gasteiger partial charge < -0.3 is 19.8 Å². The molecule has 404 valence electrons. The zero-order valence-electron chi connectivity index (χ0n) is 46.0. The fourth-order valence-electron chi connectivity index (χ4n) is 8.34. The lowest BCUT2D eigenvalue weighted by Gasteiger charge is -2.25. The Labute approximate surface area is 428 Å². The molecule has 3 unspecified atom stereocenters. The van der Waals surface area contributed by atoms with Crippen molar-refractivity contribution < 1.29 is 32.9 Å². The van der Waals surface area contributed by atoms with Gasteiger partial charge in [0.1, 0.15) is 13.2 Å². The number of allylic oxidation sites excluding steroid dienone is 9. The van der Waals surface area contributed by atoms with E-state index in [1.165, 1.54) is 180 Å². The van der Waals surface area contributed by atoms with E-state index in [1.807, 2.05) is 27.2 Å². The molecule has 0 fully saturated rings. The lowest BCUT2D eigenvalue weighted by molar-refractivity contribution is -0.870. The number of aliphatic hydroxyl groups excluding tert-OH is 1. The summed E-state index contributed by atoms with van der Waals surface area (Å²) >= 11 is 0. The molecule has 0 heterocycles. The number of aliphatic hydroxyl groups is 1. The number of hydrogen-bond donors (Lipinski definition) is 3. The van der Waals surface area contributed by atoms with Crippen molar-refractivity contribution in [3.63, 3.8) is 0 Å². The van der Waals surface area contributed by atoms with Crippen LogP contribution in [0.25, 0.3) is 0 Å². The van der Waals surface area contributed by atoms with Gasteiger partial charge in [-0.25, -0.2) is 4.57 Å². The lowest BCUT2D eigenvalue weighted by Crippen LogP contribution is -2.45. The number of phosphoric acid groups is 1. The van der Waals surface area contributed by atoms with E-state index in [-0.39, 0.29) is 19.1 Å². The molecule has 0 bridgehead atoms. The third-order valence-electron chi connectivity index (χ3n) is 12.9. The molecule has 0 saturated heterocycles. The van der Waals surface area contributed by atoms with Crippen molar-refractivity contribution in [1.82, 2.24) is 5.32 Å². The largest absolute Gasteiger partial charge is 0.472 e. The number of rotatable bonds is 53. The van der Waals surface area contributed by atoms with Crippen molar-refractivity contribution in [2.24, 2.45) is 0 Å². The number of carbonyl (C=O) groups is 1. The van der Waals surface area contributed by atoms with Crippen molar-refractivity contribution in [3.05, 3.63) is 60.8 Å². The Bertz CT molecular complexity index is 1310. The normalized spacial score (nSPS) is 14.4. The van der Waals surface area contributed by atoms with Gasteiger partial charge in [0.05, 0.1) is 39.9 Å². The van der Waals surface area contributed by atoms with Crippen molar-refractivity contribution in [1.29, 1.82) is 0 Å². The predicted molar refractivity (Wildman–Crippen MR) is 300 cm³/mol. The van der Waals surface area contributed by atoms with Gasteiger partial charge in [-0.15, -0.1) is 0 Å². The first-order valence-corrected chi connectivity index (χ1v) is 30.7. The summed E-state index contributed by atoms with van der Waals surface area (Å²) < 4.78 is 23.7. The molecule has 8 nitrogen and oxygen atoms in total. The van der Waals surface area contributed by atoms with E-state index in [0.29, 0.717) is 17.4 Å². The summed E-state index contributed by atoms with van der Waals surface area (Å²) in [5, 5.41) is 13.9. The van der Waals surface area contributed by atoms with E-state index in [1.54, 1.807) is 6.08 Å². The van der Waals surface area contributed by atoms with E-state index in [9.17, 15) is 19.4 Å². The maximum atomic E-state index is 12.9. The van der Waals surface area contributed by atoms with Crippen molar-refractivity contribution >= 4 is 13.7 Å². The molecule has 0 spiro atoms. The van der Waals surface area contributed by atoms with Crippen LogP contribution in [0.1, 0.15) is 264 Å². The van der Waals surface area contributed by atoms with Gasteiger partial charge in [0, 0.05) is 6.42 Å². The first-order chi connectivity index (χ1) is 33.5. The molecule has 69 heavy (non-hydrogen) atoms. The summed E-state index contributed by atoms with van der Waals surface area (Å²) in [5.41, 5.74) is 0. The van der Waals surface area contributed by atoms with Gasteiger partial charge in [0.2, 0.25) is 5.91 Å². The second-order valence-corrected chi connectivity index (χ2v) is 22.4. The molecule has 9 heteroatoms. The van der Waals surface area contributed by atoms with Crippen LogP contribution in [-0.4, -0.2) is 73.4 Å². The van der Waals surface area contributed by atoms with E-state index >= 15 is 0 Å². The first kappa shape index (κ1) is 67.2. The molecule has 0 aliphatic heterocycles. The highest BCUT2D eigenvalue weighted by atomic mass is 31.2. The van der Waals surface area contributed by atoms with Crippen LogP contribution in [0.15, 0.2) is 60.8 Å². The van der Waals surface area contributed by atoms with Gasteiger partial charge >= 0.3 is 7.82 Å². The third kappa shape index (κ3) is 53.8. The molecule has 1 amide bonds. The minimum atomic E-state index is -4.36. The van der Waals surface area contributed by atoms with Crippen LogP contribution >= 0.6 is 7.82 Å². The second kappa shape index (κ2) is 51.1. The van der Waals surface area contributed by atoms with Crippen LogP contribution < -0.4 is 5.32 Å². The van der Waals surface area contributed by atoms with Gasteiger partial charge in [-0.2, -0.15) is 0 Å². The standard InChI is InChI=1S/C60H113N2O6P/c1-6-8-10-12-14-16-18-20-22-24-25-26-27-28-29-30-31-32-33-34-35-36-38-39-41-43-45-47-49-51-53-59(63)58(57-68-69(65,66)67-56-55-62(3,4)5)61-60(64)54-52-50-48-46-44-42-40-37-23-21-19-17-15-13-11-9-7-2/h15,17,21,23,36,38,43,45,51,53,58-59,63H,6-14,16,18-20,22,24-35,37,39-42,44,46-50,52,54-57H2,1-5H3,(H-,61,64,65,66)/p+1/b17-15-,23-21-,38-36+,45-43+,53-51+. The molecule has 0 radical (unpaired) electrons. The van der Waals surface area contributed by atoms with Crippen LogP contribution in [0.5, 0.6) is 0 Å². The predicted octanol–water partition coefficient (Wildman–Crippen LogP) is 17.7. The number of carbonyl (C=O) groups excluding carboxylic acids is 1. The highest BCUT2D eigenvalue weighted by Crippen LogP contribution is 2.43. The maximum absolute atomic E-state index is 12.9. The van der Waals surface area contributed by atoms with Crippen molar-refractivity contribution in [2.75, 3.05) is 40.9 Å². The quantitative estimate of drug-likeness (QED) is 0.0243. The number of hydrogen-bond acceptors (Lipinski definition) is 5. The lowest BCUT2D eigenvalue weighted by atomic mass is 10.0. The number of unbranched alkanes of at least 4 members (excludes halogenated alkanes) is 32. The summed E-state index contributed by atoms with van der Waals surface area (Å²) in [6.07, 6.45) is 69.1. The van der Waals surface area contributed by atoms with Crippen LogP contribution in [0.2, 0.25) is 0 Å². The van der Waals surface area contributed by atoms with Crippen molar-refractivity contribution in [2.45, 2.75) is 276 Å². The molecular weight excluding hydrogens is 876 g/mol. The maximum Gasteiger partial charge on any atom is 0.472 e. The average Bonchev–Trinajstić information content (AvgIpc) is 3.31. The van der Waals surface area contributed by atoms with Gasteiger partial charge in [-0.3, -0.25) is 13.8 Å². The number of nitrogens with zero attached hydrogens (tertiary/aromatic N) is 1. The summed E-state index contributed by atoms with van der Waals surface area (Å²) in [5.74, 6) is -0.199. The molecule has 0 aromatic rings. The fraction of sp³-hybridized carbons (Fsp3) is 0.817. The molecule has 3 N–H and O–H groups in total. The minimum Gasteiger partial charge on any atom is -0.387 e. The van der Waals surface area contributed by atoms with E-state index in [4.69, 9.17) is 9.05 Å². The number of quaternary nitrogens is 1. The Balaban J connectivity index is 4.24. The molecule has 0 aromatic carbocycles. The minimum absolute atomic E-state index is 0.0500. The molecule has 0 saturated carbocycles. The van der Waals surface area contributed by atoms with E-state index in [0.717, 1.165) is 64.2 Å². The summed E-state index contributed by atoms with van der Waals surface area (Å²) in [7, 11) is 1.54. The number of phosphoric ester groups is 1. The monoisotopic (exact) mass is 990 g/mol. The third-order valence-corrected chi connectivity index (χ3v) is 13.9. The Hall–Kier alpha value is -1.80.